The molecule has 4 nitrogen and oxygen atoms in total. The lowest BCUT2D eigenvalue weighted by atomic mass is 9.64. The first-order valence-corrected chi connectivity index (χ1v) is 10.9. The maximum atomic E-state index is 13.1. The predicted octanol–water partition coefficient (Wildman–Crippen LogP) is 3.99. The summed E-state index contributed by atoms with van der Waals surface area (Å²) in [7, 11) is 0. The molecule has 0 aromatic carbocycles. The highest BCUT2D eigenvalue weighted by Gasteiger charge is 2.43. The topological polar surface area (TPSA) is 49.4 Å². The summed E-state index contributed by atoms with van der Waals surface area (Å²) in [6.07, 6.45) is 9.42. The van der Waals surface area contributed by atoms with E-state index in [1.807, 2.05) is 4.90 Å². The molecule has 3 fully saturated rings. The Balaban J connectivity index is 1.59. The van der Waals surface area contributed by atoms with Gasteiger partial charge in [0.1, 0.15) is 0 Å². The summed E-state index contributed by atoms with van der Waals surface area (Å²) in [6.45, 7) is 9.87. The van der Waals surface area contributed by atoms with E-state index in [0.29, 0.717) is 24.3 Å². The molecule has 1 heterocycles. The molecule has 1 saturated heterocycles. The minimum absolute atomic E-state index is 0.117. The number of hydrogen-bond donors (Lipinski definition) is 1. The van der Waals surface area contributed by atoms with Crippen molar-refractivity contribution in [1.29, 1.82) is 0 Å². The van der Waals surface area contributed by atoms with Gasteiger partial charge in [-0.3, -0.25) is 9.59 Å². The Kier molecular flexibility index (Phi) is 5.98. The molecule has 3 aliphatic rings. The Bertz CT molecular complexity index is 508. The number of nitrogens with zero attached hydrogens (tertiary/aromatic N) is 1. The highest BCUT2D eigenvalue weighted by Crippen LogP contribution is 2.44. The number of likely N-dealkylation sites (tertiary alicyclic amines) is 1. The van der Waals surface area contributed by atoms with Crippen molar-refractivity contribution in [2.24, 2.45) is 29.1 Å². The summed E-state index contributed by atoms with van der Waals surface area (Å²) < 4.78 is 0. The van der Waals surface area contributed by atoms with Crippen molar-refractivity contribution in [3.8, 4) is 0 Å². The van der Waals surface area contributed by atoms with E-state index in [-0.39, 0.29) is 29.2 Å². The van der Waals surface area contributed by atoms with E-state index in [2.05, 4.69) is 33.0 Å². The van der Waals surface area contributed by atoms with Crippen molar-refractivity contribution in [2.45, 2.75) is 85.1 Å². The minimum atomic E-state index is -0.298. The number of rotatable bonds is 7. The van der Waals surface area contributed by atoms with Crippen LogP contribution in [0.3, 0.4) is 0 Å². The molecule has 2 saturated carbocycles. The van der Waals surface area contributed by atoms with Crippen LogP contribution in [0, 0.1) is 29.1 Å². The monoisotopic (exact) mass is 362 g/mol. The Hall–Kier alpha value is -1.06. The van der Waals surface area contributed by atoms with Gasteiger partial charge >= 0.3 is 0 Å². The lowest BCUT2D eigenvalue weighted by molar-refractivity contribution is -0.140. The Labute approximate surface area is 159 Å². The zero-order valence-corrected chi connectivity index (χ0v) is 17.2. The molecule has 148 valence electrons. The van der Waals surface area contributed by atoms with Crippen LogP contribution >= 0.6 is 0 Å². The van der Waals surface area contributed by atoms with Gasteiger partial charge in [0.25, 0.3) is 0 Å². The second kappa shape index (κ2) is 7.90. The first kappa shape index (κ1) is 19.7. The highest BCUT2D eigenvalue weighted by molar-refractivity contribution is 5.83. The molecule has 3 rings (SSSR count). The number of nitrogens with one attached hydrogen (secondary N) is 1. The quantitative estimate of drug-likeness (QED) is 0.744. The molecular formula is C22H38N2O2. The van der Waals surface area contributed by atoms with E-state index in [9.17, 15) is 9.59 Å². The minimum Gasteiger partial charge on any atom is -0.351 e. The molecule has 1 aliphatic heterocycles. The van der Waals surface area contributed by atoms with Crippen molar-refractivity contribution < 1.29 is 9.59 Å². The van der Waals surface area contributed by atoms with Crippen LogP contribution in [0.1, 0.15) is 79.1 Å². The Morgan fingerprint density at radius 3 is 2.12 bits per heavy atom. The van der Waals surface area contributed by atoms with Crippen LogP contribution in [-0.4, -0.2) is 35.8 Å². The average Bonchev–Trinajstić information content (AvgIpc) is 2.83. The van der Waals surface area contributed by atoms with Gasteiger partial charge in [-0.25, -0.2) is 0 Å². The van der Waals surface area contributed by atoms with E-state index in [4.69, 9.17) is 0 Å². The summed E-state index contributed by atoms with van der Waals surface area (Å²) in [4.78, 5) is 28.0. The number of amides is 2. The molecule has 2 amide bonds. The summed E-state index contributed by atoms with van der Waals surface area (Å²) in [5.74, 6) is 2.31. The fraction of sp³-hybridized carbons (Fsp3) is 0.909. The van der Waals surface area contributed by atoms with Gasteiger partial charge in [-0.05, 0) is 49.9 Å². The third-order valence-electron chi connectivity index (χ3n) is 7.30. The van der Waals surface area contributed by atoms with Crippen molar-refractivity contribution in [1.82, 2.24) is 10.2 Å². The van der Waals surface area contributed by atoms with Gasteiger partial charge in [-0.15, -0.1) is 0 Å². The van der Waals surface area contributed by atoms with Crippen LogP contribution in [0.25, 0.3) is 0 Å². The van der Waals surface area contributed by atoms with Crippen molar-refractivity contribution in [3.63, 3.8) is 0 Å². The first-order chi connectivity index (χ1) is 12.3. The van der Waals surface area contributed by atoms with Gasteiger partial charge in [0.15, 0.2) is 0 Å². The second-order valence-electron chi connectivity index (χ2n) is 9.84. The zero-order valence-electron chi connectivity index (χ0n) is 17.2. The van der Waals surface area contributed by atoms with Gasteiger partial charge in [0.2, 0.25) is 11.8 Å². The smallest absolute Gasteiger partial charge is 0.228 e. The third-order valence-corrected chi connectivity index (χ3v) is 7.30. The zero-order chi connectivity index (χ0) is 18.9. The normalized spacial score (nSPS) is 27.3. The molecule has 0 aromatic heterocycles. The molecular weight excluding hydrogens is 324 g/mol. The van der Waals surface area contributed by atoms with E-state index in [0.717, 1.165) is 19.4 Å². The molecule has 1 N–H and O–H groups in total. The largest absolute Gasteiger partial charge is 0.351 e. The Morgan fingerprint density at radius 2 is 1.65 bits per heavy atom. The summed E-state index contributed by atoms with van der Waals surface area (Å²) >= 11 is 0. The summed E-state index contributed by atoms with van der Waals surface area (Å²) in [6, 6.07) is 0.117. The van der Waals surface area contributed by atoms with Crippen LogP contribution < -0.4 is 5.32 Å². The van der Waals surface area contributed by atoms with E-state index in [1.54, 1.807) is 0 Å². The lowest BCUT2D eigenvalue weighted by Crippen LogP contribution is -2.49. The summed E-state index contributed by atoms with van der Waals surface area (Å²) in [5, 5.41) is 3.36. The first-order valence-electron chi connectivity index (χ1n) is 10.9. The molecule has 2 atom stereocenters. The maximum Gasteiger partial charge on any atom is 0.228 e. The molecule has 0 spiro atoms. The Morgan fingerprint density at radius 1 is 1.08 bits per heavy atom. The van der Waals surface area contributed by atoms with Crippen LogP contribution in [0.2, 0.25) is 0 Å². The van der Waals surface area contributed by atoms with E-state index in [1.165, 1.54) is 38.5 Å². The van der Waals surface area contributed by atoms with Crippen LogP contribution in [0.15, 0.2) is 0 Å². The van der Waals surface area contributed by atoms with Gasteiger partial charge in [0, 0.05) is 24.4 Å². The van der Waals surface area contributed by atoms with Crippen molar-refractivity contribution >= 4 is 11.8 Å². The third kappa shape index (κ3) is 3.94. The fourth-order valence-corrected chi connectivity index (χ4v) is 5.17. The van der Waals surface area contributed by atoms with Gasteiger partial charge in [0.05, 0.1) is 6.04 Å². The highest BCUT2D eigenvalue weighted by atomic mass is 16.2. The molecule has 2 unspecified atom stereocenters. The van der Waals surface area contributed by atoms with Crippen molar-refractivity contribution in [3.05, 3.63) is 0 Å². The predicted molar refractivity (Wildman–Crippen MR) is 105 cm³/mol. The van der Waals surface area contributed by atoms with Crippen molar-refractivity contribution in [2.75, 3.05) is 13.1 Å². The van der Waals surface area contributed by atoms with Crippen LogP contribution in [-0.2, 0) is 9.59 Å². The number of carbonyl (C=O) groups excluding carboxylic acids is 2. The van der Waals surface area contributed by atoms with Gasteiger partial charge in [-0.1, -0.05) is 47.0 Å². The molecule has 26 heavy (non-hydrogen) atoms. The standard InChI is InChI=1S/C22H38N2O2/c1-5-12-22(3,4)21(26)24-13-15(2)18(14-24)23-20(25)19(16-8-6-9-16)17-10-7-11-17/h15-19H,5-14H2,1-4H3,(H,23,25). The van der Waals surface area contributed by atoms with Crippen LogP contribution in [0.4, 0.5) is 0 Å². The van der Waals surface area contributed by atoms with Gasteiger partial charge < -0.3 is 10.2 Å². The molecule has 0 aromatic rings. The second-order valence-corrected chi connectivity index (χ2v) is 9.84. The average molecular weight is 363 g/mol. The molecule has 0 bridgehead atoms. The lowest BCUT2D eigenvalue weighted by Gasteiger charge is -2.42. The number of hydrogen-bond acceptors (Lipinski definition) is 2. The fourth-order valence-electron chi connectivity index (χ4n) is 5.17. The maximum absolute atomic E-state index is 13.1. The van der Waals surface area contributed by atoms with Crippen LogP contribution in [0.5, 0.6) is 0 Å². The molecule has 4 heteroatoms. The van der Waals surface area contributed by atoms with Gasteiger partial charge in [-0.2, -0.15) is 0 Å². The molecule has 0 radical (unpaired) electrons. The SMILES string of the molecule is CCCC(C)(C)C(=O)N1CC(C)C(NC(=O)C(C2CCC2)C2CCC2)C1. The van der Waals surface area contributed by atoms with E-state index < -0.39 is 0 Å². The molecule has 2 aliphatic carbocycles. The summed E-state index contributed by atoms with van der Waals surface area (Å²) in [5.41, 5.74) is -0.298. The van der Waals surface area contributed by atoms with E-state index >= 15 is 0 Å². The number of carbonyl (C=O) groups is 2.